The first-order valence-corrected chi connectivity index (χ1v) is 34.8. The molecule has 0 heterocycles. The lowest BCUT2D eigenvalue weighted by molar-refractivity contribution is -0.870. The lowest BCUT2D eigenvalue weighted by Gasteiger charge is -2.30. The van der Waals surface area contributed by atoms with E-state index in [0.29, 0.717) is 23.9 Å². The fourth-order valence-electron chi connectivity index (χ4n) is 10.6. The molecule has 0 aromatic heterocycles. The van der Waals surface area contributed by atoms with Gasteiger partial charge in [-0.15, -0.1) is 0 Å². The number of nitrogens with one attached hydrogen (secondary N) is 1. The molecular formula is C65H133N2O6P. The van der Waals surface area contributed by atoms with Crippen molar-refractivity contribution in [3.8, 4) is 0 Å². The highest BCUT2D eigenvalue weighted by Crippen LogP contribution is 2.38. The van der Waals surface area contributed by atoms with E-state index >= 15 is 0 Å². The predicted molar refractivity (Wildman–Crippen MR) is 321 cm³/mol. The van der Waals surface area contributed by atoms with Crippen LogP contribution in [0.2, 0.25) is 0 Å². The fraction of sp³-hybridized carbons (Fsp3) is 0.985. The van der Waals surface area contributed by atoms with Crippen LogP contribution in [0.25, 0.3) is 0 Å². The van der Waals surface area contributed by atoms with E-state index in [1.807, 2.05) is 21.1 Å². The molecule has 0 aromatic rings. The van der Waals surface area contributed by atoms with Crippen LogP contribution in [0.1, 0.15) is 361 Å². The molecule has 3 atom stereocenters. The van der Waals surface area contributed by atoms with Crippen LogP contribution in [0, 0.1) is 0 Å². The average Bonchev–Trinajstić information content (AvgIpc) is 3.36. The minimum atomic E-state index is -4.57. The van der Waals surface area contributed by atoms with Crippen molar-refractivity contribution in [2.45, 2.75) is 373 Å². The van der Waals surface area contributed by atoms with Gasteiger partial charge < -0.3 is 28.8 Å². The summed E-state index contributed by atoms with van der Waals surface area (Å²) in [7, 11) is 1.33. The van der Waals surface area contributed by atoms with Crippen LogP contribution in [-0.4, -0.2) is 68.5 Å². The molecule has 8 nitrogen and oxygen atoms in total. The van der Waals surface area contributed by atoms with Crippen LogP contribution < -0.4 is 10.2 Å². The molecule has 0 rings (SSSR count). The summed E-state index contributed by atoms with van der Waals surface area (Å²) >= 11 is 0. The Morgan fingerprint density at radius 3 is 0.919 bits per heavy atom. The number of quaternary nitrogens is 1. The van der Waals surface area contributed by atoms with E-state index in [9.17, 15) is 19.4 Å². The zero-order valence-corrected chi connectivity index (χ0v) is 51.7. The standard InChI is InChI=1S/C65H133N2O6P/c1-6-8-10-12-14-16-18-20-22-24-26-28-30-32-33-34-35-37-39-41-43-45-47-49-51-53-55-57-59-65(69)66-63(62-73-74(70,71)72-61-60-67(3,4)5)64(68)58-56-54-52-50-48-46-44-42-40-38-36-31-29-27-25-23-21-19-17-15-13-11-9-7-2/h63-64,68H,6-62H2,1-5H3,(H-,66,69,70,71). The van der Waals surface area contributed by atoms with Crippen LogP contribution in [-0.2, 0) is 18.4 Å². The summed E-state index contributed by atoms with van der Waals surface area (Å²) in [5.41, 5.74) is 0. The molecule has 0 saturated heterocycles. The third-order valence-electron chi connectivity index (χ3n) is 15.8. The van der Waals surface area contributed by atoms with Gasteiger partial charge in [0, 0.05) is 6.42 Å². The number of carbonyl (C=O) groups excluding carboxylic acids is 1. The van der Waals surface area contributed by atoms with Crippen molar-refractivity contribution in [1.29, 1.82) is 0 Å². The third kappa shape index (κ3) is 59.2. The Morgan fingerprint density at radius 1 is 0.419 bits per heavy atom. The number of amides is 1. The highest BCUT2D eigenvalue weighted by molar-refractivity contribution is 7.45. The monoisotopic (exact) mass is 1070 g/mol. The van der Waals surface area contributed by atoms with E-state index in [0.717, 1.165) is 38.5 Å². The van der Waals surface area contributed by atoms with Gasteiger partial charge in [0.25, 0.3) is 7.82 Å². The summed E-state index contributed by atoms with van der Waals surface area (Å²) in [5.74, 6) is -0.154. The summed E-state index contributed by atoms with van der Waals surface area (Å²) < 4.78 is 23.5. The molecule has 0 saturated carbocycles. The normalized spacial score (nSPS) is 13.7. The van der Waals surface area contributed by atoms with Crippen LogP contribution in [0.3, 0.4) is 0 Å². The van der Waals surface area contributed by atoms with Gasteiger partial charge >= 0.3 is 0 Å². The molecule has 2 N–H and O–H groups in total. The number of likely N-dealkylation sites (N-methyl/N-ethyl adjacent to an activating group) is 1. The number of phosphoric ester groups is 1. The first kappa shape index (κ1) is 73.5. The molecular weight excluding hydrogens is 936 g/mol. The molecule has 0 aliphatic heterocycles. The molecule has 0 aromatic carbocycles. The van der Waals surface area contributed by atoms with Crippen molar-refractivity contribution >= 4 is 13.7 Å². The highest BCUT2D eigenvalue weighted by atomic mass is 31.2. The van der Waals surface area contributed by atoms with Crippen molar-refractivity contribution < 1.29 is 32.9 Å². The Bertz CT molecular complexity index is 1170. The topological polar surface area (TPSA) is 108 Å². The van der Waals surface area contributed by atoms with Gasteiger partial charge in [0.05, 0.1) is 39.9 Å². The second-order valence-electron chi connectivity index (χ2n) is 24.5. The largest absolute Gasteiger partial charge is 0.756 e. The number of hydrogen-bond donors (Lipinski definition) is 2. The molecule has 3 unspecified atom stereocenters. The third-order valence-corrected chi connectivity index (χ3v) is 16.8. The number of carbonyl (C=O) groups is 1. The molecule has 9 heteroatoms. The molecule has 0 aliphatic rings. The van der Waals surface area contributed by atoms with Crippen molar-refractivity contribution in [2.75, 3.05) is 40.9 Å². The average molecular weight is 1070 g/mol. The number of phosphoric acid groups is 1. The lowest BCUT2D eigenvalue weighted by Crippen LogP contribution is -2.46. The molecule has 74 heavy (non-hydrogen) atoms. The second-order valence-corrected chi connectivity index (χ2v) is 26.0. The van der Waals surface area contributed by atoms with Crippen LogP contribution in [0.15, 0.2) is 0 Å². The van der Waals surface area contributed by atoms with Crippen LogP contribution >= 0.6 is 7.82 Å². The summed E-state index contributed by atoms with van der Waals surface area (Å²) in [5, 5.41) is 14.1. The van der Waals surface area contributed by atoms with Crippen LogP contribution in [0.4, 0.5) is 0 Å². The van der Waals surface area contributed by atoms with Gasteiger partial charge in [-0.3, -0.25) is 9.36 Å². The molecule has 0 spiro atoms. The number of unbranched alkanes of at least 4 members (excludes halogenated alkanes) is 50. The molecule has 0 fully saturated rings. The molecule has 0 radical (unpaired) electrons. The molecule has 444 valence electrons. The zero-order valence-electron chi connectivity index (χ0n) is 50.8. The van der Waals surface area contributed by atoms with Crippen molar-refractivity contribution in [3.05, 3.63) is 0 Å². The Kier molecular flexibility index (Phi) is 56.8. The Balaban J connectivity index is 4.02. The maximum absolute atomic E-state index is 13.0. The summed E-state index contributed by atoms with van der Waals surface area (Å²) in [4.78, 5) is 25.6. The Morgan fingerprint density at radius 2 is 0.662 bits per heavy atom. The SMILES string of the molecule is CCCCCCCCCCCCCCCCCCCCCCCCCCCCCCC(=O)NC(COP(=O)([O-])OCC[N+](C)(C)C)C(O)CCCCCCCCCCCCCCCCCCCCCCCCCC. The van der Waals surface area contributed by atoms with Gasteiger partial charge in [-0.2, -0.15) is 0 Å². The van der Waals surface area contributed by atoms with E-state index < -0.39 is 20.0 Å². The van der Waals surface area contributed by atoms with E-state index in [1.165, 1.54) is 295 Å². The molecule has 1 amide bonds. The number of hydrogen-bond acceptors (Lipinski definition) is 6. The number of nitrogens with zero attached hydrogens (tertiary/aromatic N) is 1. The van der Waals surface area contributed by atoms with Crippen molar-refractivity contribution in [2.24, 2.45) is 0 Å². The predicted octanol–water partition coefficient (Wildman–Crippen LogP) is 20.1. The fourth-order valence-corrected chi connectivity index (χ4v) is 11.4. The quantitative estimate of drug-likeness (QED) is 0.0357. The minimum Gasteiger partial charge on any atom is -0.756 e. The van der Waals surface area contributed by atoms with Gasteiger partial charge in [-0.1, -0.05) is 341 Å². The summed E-state index contributed by atoms with van der Waals surface area (Å²) in [6.07, 6.45) is 70.2. The van der Waals surface area contributed by atoms with Gasteiger partial charge in [0.15, 0.2) is 0 Å². The lowest BCUT2D eigenvalue weighted by atomic mass is 10.0. The molecule has 0 bridgehead atoms. The zero-order chi connectivity index (χ0) is 54.2. The van der Waals surface area contributed by atoms with Gasteiger partial charge in [-0.05, 0) is 12.8 Å². The maximum Gasteiger partial charge on any atom is 0.268 e. The van der Waals surface area contributed by atoms with E-state index in [-0.39, 0.29) is 19.1 Å². The summed E-state index contributed by atoms with van der Waals surface area (Å²) in [6, 6.07) is -0.796. The highest BCUT2D eigenvalue weighted by Gasteiger charge is 2.24. The first-order valence-electron chi connectivity index (χ1n) is 33.4. The maximum atomic E-state index is 13.0. The summed E-state index contributed by atoms with van der Waals surface area (Å²) in [6.45, 7) is 4.80. The van der Waals surface area contributed by atoms with E-state index in [2.05, 4.69) is 19.2 Å². The van der Waals surface area contributed by atoms with Gasteiger partial charge in [0.1, 0.15) is 13.2 Å². The Labute approximate surface area is 463 Å². The van der Waals surface area contributed by atoms with E-state index in [4.69, 9.17) is 9.05 Å². The van der Waals surface area contributed by atoms with Crippen molar-refractivity contribution in [1.82, 2.24) is 5.32 Å². The number of rotatable bonds is 63. The van der Waals surface area contributed by atoms with Crippen LogP contribution in [0.5, 0.6) is 0 Å². The second kappa shape index (κ2) is 57.2. The first-order chi connectivity index (χ1) is 36.0. The number of aliphatic hydroxyl groups is 1. The van der Waals surface area contributed by atoms with E-state index in [1.54, 1.807) is 0 Å². The number of aliphatic hydroxyl groups excluding tert-OH is 1. The van der Waals surface area contributed by atoms with Gasteiger partial charge in [-0.25, -0.2) is 0 Å². The van der Waals surface area contributed by atoms with Gasteiger partial charge in [0.2, 0.25) is 5.91 Å². The Hall–Kier alpha value is -0.500. The molecule has 0 aliphatic carbocycles. The van der Waals surface area contributed by atoms with Crippen molar-refractivity contribution in [3.63, 3.8) is 0 Å². The smallest absolute Gasteiger partial charge is 0.268 e. The minimum absolute atomic E-state index is 0.0169.